The molecular weight excluding hydrogens is 438 g/mol. The lowest BCUT2D eigenvalue weighted by molar-refractivity contribution is -0.116. The molecule has 5 aromatic rings. The number of aryl methyl sites for hydroxylation is 1. The van der Waals surface area contributed by atoms with Crippen molar-refractivity contribution in [3.63, 3.8) is 0 Å². The van der Waals surface area contributed by atoms with Crippen LogP contribution in [0.3, 0.4) is 0 Å². The molecule has 1 amide bonds. The quantitative estimate of drug-likeness (QED) is 0.416. The number of ether oxygens (including phenoxy) is 1. The van der Waals surface area contributed by atoms with Crippen LogP contribution in [0.25, 0.3) is 22.1 Å². The van der Waals surface area contributed by atoms with E-state index in [4.69, 9.17) is 13.6 Å². The molecule has 0 saturated heterocycles. The second-order valence-electron chi connectivity index (χ2n) is 7.87. The summed E-state index contributed by atoms with van der Waals surface area (Å²) in [7, 11) is 1.51. The van der Waals surface area contributed by atoms with Crippen LogP contribution in [0, 0.1) is 6.92 Å². The molecular formula is C25H21N3O6. The van der Waals surface area contributed by atoms with Gasteiger partial charge >= 0.3 is 5.69 Å². The number of nitrogens with one attached hydrogen (secondary N) is 1. The van der Waals surface area contributed by atoms with Gasteiger partial charge in [-0.1, -0.05) is 18.2 Å². The van der Waals surface area contributed by atoms with Crippen molar-refractivity contribution in [2.24, 2.45) is 0 Å². The monoisotopic (exact) mass is 459 g/mol. The molecule has 172 valence electrons. The molecule has 0 aliphatic carbocycles. The number of para-hydroxylation sites is 1. The number of carbonyl (C=O) groups excluding carboxylic acids is 1. The number of methoxy groups -OCH3 is 1. The summed E-state index contributed by atoms with van der Waals surface area (Å²) in [6.45, 7) is 1.48. The van der Waals surface area contributed by atoms with Crippen LogP contribution in [0.5, 0.6) is 5.75 Å². The van der Waals surface area contributed by atoms with Crippen LogP contribution in [0.2, 0.25) is 0 Å². The normalized spacial score (nSPS) is 11.2. The number of hydrogen-bond donors (Lipinski definition) is 1. The zero-order valence-electron chi connectivity index (χ0n) is 18.5. The standard InChI is InChI=1S/C25H21N3O6/c1-15-9-10-18(20(12-15)32-2)26-21(29)14-27-22-17-7-3-4-8-19(17)34-23(22)24(30)28(25(27)31)13-16-6-5-11-33-16/h3-12H,13-14H2,1-2H3,(H,26,29). The molecule has 0 aliphatic heterocycles. The van der Waals surface area contributed by atoms with Crippen LogP contribution in [0.4, 0.5) is 5.69 Å². The Morgan fingerprint density at radius 3 is 2.65 bits per heavy atom. The zero-order chi connectivity index (χ0) is 23.8. The maximum absolute atomic E-state index is 13.5. The Kier molecular flexibility index (Phi) is 5.29. The van der Waals surface area contributed by atoms with Gasteiger partial charge in [-0.15, -0.1) is 0 Å². The van der Waals surface area contributed by atoms with Crippen molar-refractivity contribution in [3.05, 3.63) is 93.0 Å². The number of rotatable bonds is 6. The SMILES string of the molecule is COc1cc(C)ccc1NC(=O)Cn1c(=O)n(Cc2ccco2)c(=O)c2oc3ccccc3c21. The molecule has 0 aliphatic rings. The van der Waals surface area contributed by atoms with Crippen LogP contribution in [-0.4, -0.2) is 22.2 Å². The number of aromatic nitrogens is 2. The summed E-state index contributed by atoms with van der Waals surface area (Å²) < 4.78 is 18.7. The average molecular weight is 459 g/mol. The minimum atomic E-state index is -0.647. The molecule has 3 heterocycles. The van der Waals surface area contributed by atoms with Crippen molar-refractivity contribution in [3.8, 4) is 5.75 Å². The van der Waals surface area contributed by atoms with E-state index in [1.54, 1.807) is 48.5 Å². The molecule has 3 aromatic heterocycles. The van der Waals surface area contributed by atoms with Gasteiger partial charge in [-0.2, -0.15) is 0 Å². The summed E-state index contributed by atoms with van der Waals surface area (Å²) in [5.74, 6) is 0.469. The number of amides is 1. The van der Waals surface area contributed by atoms with Crippen molar-refractivity contribution in [2.45, 2.75) is 20.0 Å². The molecule has 9 nitrogen and oxygen atoms in total. The predicted octanol–water partition coefficient (Wildman–Crippen LogP) is 3.51. The van der Waals surface area contributed by atoms with Crippen molar-refractivity contribution in [2.75, 3.05) is 12.4 Å². The Morgan fingerprint density at radius 1 is 1.06 bits per heavy atom. The van der Waals surface area contributed by atoms with Crippen molar-refractivity contribution < 1.29 is 18.4 Å². The number of furan rings is 2. The van der Waals surface area contributed by atoms with Gasteiger partial charge in [0.15, 0.2) is 0 Å². The van der Waals surface area contributed by atoms with E-state index in [9.17, 15) is 14.4 Å². The first kappa shape index (κ1) is 21.3. The van der Waals surface area contributed by atoms with E-state index in [-0.39, 0.29) is 24.2 Å². The van der Waals surface area contributed by atoms with E-state index in [0.717, 1.165) is 10.1 Å². The van der Waals surface area contributed by atoms with Crippen LogP contribution in [-0.2, 0) is 17.9 Å². The fourth-order valence-electron chi connectivity index (χ4n) is 3.98. The Labute approximate surface area is 192 Å². The molecule has 0 atom stereocenters. The van der Waals surface area contributed by atoms with Gasteiger partial charge in [0, 0.05) is 5.39 Å². The highest BCUT2D eigenvalue weighted by atomic mass is 16.5. The Bertz CT molecular complexity index is 1640. The molecule has 9 heteroatoms. The predicted molar refractivity (Wildman–Crippen MR) is 126 cm³/mol. The molecule has 0 fully saturated rings. The van der Waals surface area contributed by atoms with E-state index >= 15 is 0 Å². The first-order valence-corrected chi connectivity index (χ1v) is 10.6. The first-order chi connectivity index (χ1) is 16.5. The lowest BCUT2D eigenvalue weighted by Gasteiger charge is -2.13. The molecule has 5 rings (SSSR count). The lowest BCUT2D eigenvalue weighted by atomic mass is 10.2. The summed E-state index contributed by atoms with van der Waals surface area (Å²) in [5.41, 5.74) is 0.918. The third kappa shape index (κ3) is 3.66. The fraction of sp³-hybridized carbons (Fsp3) is 0.160. The summed E-state index contributed by atoms with van der Waals surface area (Å²) in [5, 5.41) is 3.36. The third-order valence-corrected chi connectivity index (χ3v) is 5.57. The molecule has 0 spiro atoms. The van der Waals surface area contributed by atoms with E-state index in [2.05, 4.69) is 5.32 Å². The number of hydrogen-bond acceptors (Lipinski definition) is 6. The van der Waals surface area contributed by atoms with Crippen LogP contribution in [0.15, 0.2) is 79.3 Å². The van der Waals surface area contributed by atoms with Gasteiger partial charge in [0.1, 0.15) is 29.2 Å². The summed E-state index contributed by atoms with van der Waals surface area (Å²) in [6, 6.07) is 15.7. The fourth-order valence-corrected chi connectivity index (χ4v) is 3.98. The maximum Gasteiger partial charge on any atom is 0.332 e. The van der Waals surface area contributed by atoms with E-state index < -0.39 is 17.2 Å². The summed E-state index contributed by atoms with van der Waals surface area (Å²) >= 11 is 0. The molecule has 0 radical (unpaired) electrons. The van der Waals surface area contributed by atoms with Crippen molar-refractivity contribution in [1.82, 2.24) is 9.13 Å². The maximum atomic E-state index is 13.5. The van der Waals surface area contributed by atoms with Crippen molar-refractivity contribution >= 4 is 33.7 Å². The molecule has 0 bridgehead atoms. The largest absolute Gasteiger partial charge is 0.495 e. The van der Waals surface area contributed by atoms with Gasteiger partial charge in [0.05, 0.1) is 25.6 Å². The van der Waals surface area contributed by atoms with Gasteiger partial charge in [-0.05, 0) is 48.9 Å². The summed E-state index contributed by atoms with van der Waals surface area (Å²) in [6.07, 6.45) is 1.46. The van der Waals surface area contributed by atoms with Gasteiger partial charge in [0.25, 0.3) is 5.56 Å². The van der Waals surface area contributed by atoms with E-state index in [1.165, 1.54) is 17.9 Å². The van der Waals surface area contributed by atoms with Gasteiger partial charge in [-0.25, -0.2) is 9.36 Å². The number of fused-ring (bicyclic) bond motifs is 3. The van der Waals surface area contributed by atoms with Crippen LogP contribution >= 0.6 is 0 Å². The number of carbonyl (C=O) groups is 1. The number of benzene rings is 2. The molecule has 0 saturated carbocycles. The van der Waals surface area contributed by atoms with Crippen LogP contribution < -0.4 is 21.3 Å². The minimum Gasteiger partial charge on any atom is -0.495 e. The minimum absolute atomic E-state index is 0.00641. The second kappa shape index (κ2) is 8.43. The van der Waals surface area contributed by atoms with Gasteiger partial charge in [-0.3, -0.25) is 14.2 Å². The van der Waals surface area contributed by atoms with E-state index in [0.29, 0.717) is 28.2 Å². The van der Waals surface area contributed by atoms with Crippen LogP contribution in [0.1, 0.15) is 11.3 Å². The average Bonchev–Trinajstić information content (AvgIpc) is 3.48. The topological polar surface area (TPSA) is 109 Å². The smallest absolute Gasteiger partial charge is 0.332 e. The van der Waals surface area contributed by atoms with Gasteiger partial charge in [0.2, 0.25) is 11.5 Å². The highest BCUT2D eigenvalue weighted by molar-refractivity contribution is 6.03. The van der Waals surface area contributed by atoms with Gasteiger partial charge < -0.3 is 18.9 Å². The second-order valence-corrected chi connectivity index (χ2v) is 7.87. The zero-order valence-corrected chi connectivity index (χ0v) is 18.5. The van der Waals surface area contributed by atoms with E-state index in [1.807, 2.05) is 13.0 Å². The Morgan fingerprint density at radius 2 is 1.88 bits per heavy atom. The molecule has 1 N–H and O–H groups in total. The molecule has 0 unspecified atom stereocenters. The molecule has 34 heavy (non-hydrogen) atoms. The summed E-state index contributed by atoms with van der Waals surface area (Å²) in [4.78, 5) is 39.7. The Balaban J connectivity index is 1.64. The first-order valence-electron chi connectivity index (χ1n) is 10.6. The molecule has 2 aromatic carbocycles. The van der Waals surface area contributed by atoms with Crippen molar-refractivity contribution in [1.29, 1.82) is 0 Å². The Hall–Kier alpha value is -4.53. The number of anilines is 1. The third-order valence-electron chi connectivity index (χ3n) is 5.57. The number of nitrogens with zero attached hydrogens (tertiary/aromatic N) is 2. The lowest BCUT2D eigenvalue weighted by Crippen LogP contribution is -2.41. The highest BCUT2D eigenvalue weighted by Gasteiger charge is 2.22. The highest BCUT2D eigenvalue weighted by Crippen LogP contribution is 2.27.